The summed E-state index contributed by atoms with van der Waals surface area (Å²) in [5.41, 5.74) is 0.146. The summed E-state index contributed by atoms with van der Waals surface area (Å²) < 4.78 is 10.8. The highest BCUT2D eigenvalue weighted by Crippen LogP contribution is 2.39. The second-order valence-corrected chi connectivity index (χ2v) is 4.66. The van der Waals surface area contributed by atoms with Crippen molar-refractivity contribution in [2.24, 2.45) is 5.92 Å². The molecule has 3 aliphatic carbocycles. The van der Waals surface area contributed by atoms with Crippen molar-refractivity contribution in [1.29, 1.82) is 0 Å². The zero-order valence-electron chi connectivity index (χ0n) is 10.6. The van der Waals surface area contributed by atoms with Gasteiger partial charge in [0.25, 0.3) is 0 Å². The van der Waals surface area contributed by atoms with Gasteiger partial charge in [-0.15, -0.1) is 0 Å². The molecule has 94 valence electrons. The lowest BCUT2D eigenvalue weighted by Gasteiger charge is -2.37. The van der Waals surface area contributed by atoms with E-state index >= 15 is 0 Å². The molecule has 0 aromatic carbocycles. The molecule has 0 spiro atoms. The van der Waals surface area contributed by atoms with E-state index in [0.717, 1.165) is 19.3 Å². The van der Waals surface area contributed by atoms with Crippen LogP contribution >= 0.6 is 0 Å². The second kappa shape index (κ2) is 5.05. The Morgan fingerprint density at radius 2 is 2.35 bits per heavy atom. The van der Waals surface area contributed by atoms with Crippen molar-refractivity contribution >= 4 is 5.97 Å². The van der Waals surface area contributed by atoms with Crippen molar-refractivity contribution in [3.05, 3.63) is 23.8 Å². The Balaban J connectivity index is 2.37. The SMILES string of the molecule is CCO[C@]12C=C[C@H](C=C1C(=O)OC)CCCC2. The third-order valence-electron chi connectivity index (χ3n) is 3.59. The van der Waals surface area contributed by atoms with Crippen LogP contribution in [0.4, 0.5) is 0 Å². The molecule has 0 N–H and O–H groups in total. The molecule has 3 rings (SSSR count). The van der Waals surface area contributed by atoms with Crippen LogP contribution in [0, 0.1) is 5.92 Å². The van der Waals surface area contributed by atoms with E-state index in [1.54, 1.807) is 0 Å². The minimum absolute atomic E-state index is 0.255. The number of carbonyl (C=O) groups is 1. The van der Waals surface area contributed by atoms with Crippen LogP contribution in [0.1, 0.15) is 32.6 Å². The van der Waals surface area contributed by atoms with Gasteiger partial charge in [-0.05, 0) is 32.1 Å². The van der Waals surface area contributed by atoms with Crippen LogP contribution in [0.25, 0.3) is 0 Å². The zero-order chi connectivity index (χ0) is 12.3. The number of hydrogen-bond acceptors (Lipinski definition) is 3. The molecule has 0 aromatic heterocycles. The number of esters is 1. The molecule has 0 aliphatic heterocycles. The van der Waals surface area contributed by atoms with Crippen molar-refractivity contribution in [2.75, 3.05) is 13.7 Å². The lowest BCUT2D eigenvalue weighted by molar-refractivity contribution is -0.139. The Bertz CT molecular complexity index is 356. The van der Waals surface area contributed by atoms with Crippen molar-refractivity contribution in [3.63, 3.8) is 0 Å². The first-order chi connectivity index (χ1) is 8.22. The number of methoxy groups -OCH3 is 1. The van der Waals surface area contributed by atoms with Gasteiger partial charge in [0.15, 0.2) is 0 Å². The maximum absolute atomic E-state index is 11.9. The lowest BCUT2D eigenvalue weighted by Crippen LogP contribution is -2.40. The summed E-state index contributed by atoms with van der Waals surface area (Å²) in [5.74, 6) is 0.104. The Labute approximate surface area is 102 Å². The van der Waals surface area contributed by atoms with E-state index < -0.39 is 5.60 Å². The smallest absolute Gasteiger partial charge is 0.336 e. The summed E-state index contributed by atoms with van der Waals surface area (Å²) in [7, 11) is 1.43. The fourth-order valence-electron chi connectivity index (χ4n) is 2.75. The molecular weight excluding hydrogens is 216 g/mol. The summed E-state index contributed by atoms with van der Waals surface area (Å²) >= 11 is 0. The molecule has 0 heterocycles. The number of carbonyl (C=O) groups excluding carboxylic acids is 1. The standard InChI is InChI=1S/C14H20O3/c1-3-17-14-8-5-4-6-11(7-9-14)10-12(14)13(15)16-2/h7,9-11H,3-6,8H2,1-2H3/t11-,14-/m1/s1. The Hall–Kier alpha value is -1.09. The largest absolute Gasteiger partial charge is 0.466 e. The van der Waals surface area contributed by atoms with E-state index in [4.69, 9.17) is 9.47 Å². The quantitative estimate of drug-likeness (QED) is 0.558. The Kier molecular flexibility index (Phi) is 3.67. The Morgan fingerprint density at radius 1 is 1.53 bits per heavy atom. The molecule has 0 saturated heterocycles. The third-order valence-corrected chi connectivity index (χ3v) is 3.59. The number of rotatable bonds is 3. The lowest BCUT2D eigenvalue weighted by atomic mass is 9.77. The van der Waals surface area contributed by atoms with Crippen molar-refractivity contribution in [2.45, 2.75) is 38.2 Å². The predicted molar refractivity (Wildman–Crippen MR) is 65.6 cm³/mol. The number of allylic oxidation sites excluding steroid dienone is 2. The Morgan fingerprint density at radius 3 is 3.06 bits per heavy atom. The van der Waals surface area contributed by atoms with Gasteiger partial charge in [-0.2, -0.15) is 0 Å². The molecule has 2 atom stereocenters. The number of fused-ring (bicyclic) bond motifs is 3. The van der Waals surface area contributed by atoms with Crippen molar-refractivity contribution in [3.8, 4) is 0 Å². The first-order valence-corrected chi connectivity index (χ1v) is 6.36. The molecule has 3 heteroatoms. The van der Waals surface area contributed by atoms with Crippen LogP contribution < -0.4 is 0 Å². The molecule has 0 radical (unpaired) electrons. The summed E-state index contributed by atoms with van der Waals surface area (Å²) in [5, 5.41) is 0. The monoisotopic (exact) mass is 236 g/mol. The van der Waals surface area contributed by atoms with Gasteiger partial charge in [0.1, 0.15) is 5.60 Å². The molecule has 0 saturated carbocycles. The van der Waals surface area contributed by atoms with Crippen LogP contribution in [-0.4, -0.2) is 25.3 Å². The van der Waals surface area contributed by atoms with Gasteiger partial charge in [-0.3, -0.25) is 0 Å². The van der Waals surface area contributed by atoms with E-state index in [9.17, 15) is 4.79 Å². The van der Waals surface area contributed by atoms with Gasteiger partial charge in [0.05, 0.1) is 12.7 Å². The summed E-state index contributed by atoms with van der Waals surface area (Å²) in [6, 6.07) is 0. The molecular formula is C14H20O3. The molecule has 0 unspecified atom stereocenters. The van der Waals surface area contributed by atoms with Gasteiger partial charge in [0.2, 0.25) is 0 Å². The molecule has 0 fully saturated rings. The van der Waals surface area contributed by atoms with E-state index in [0.29, 0.717) is 18.1 Å². The highest BCUT2D eigenvalue weighted by atomic mass is 16.5. The van der Waals surface area contributed by atoms with E-state index in [1.807, 2.05) is 13.0 Å². The first-order valence-electron chi connectivity index (χ1n) is 6.36. The minimum atomic E-state index is -0.543. The molecule has 3 aliphatic rings. The van der Waals surface area contributed by atoms with Crippen LogP contribution in [0.15, 0.2) is 23.8 Å². The first kappa shape index (κ1) is 12.4. The topological polar surface area (TPSA) is 35.5 Å². The van der Waals surface area contributed by atoms with Crippen LogP contribution in [0.3, 0.4) is 0 Å². The van der Waals surface area contributed by atoms with Gasteiger partial charge < -0.3 is 9.47 Å². The molecule has 0 aromatic rings. The minimum Gasteiger partial charge on any atom is -0.466 e. The maximum Gasteiger partial charge on any atom is 0.336 e. The van der Waals surface area contributed by atoms with E-state index in [1.165, 1.54) is 13.5 Å². The number of hydrogen-bond donors (Lipinski definition) is 0. The van der Waals surface area contributed by atoms with Gasteiger partial charge in [-0.1, -0.05) is 24.6 Å². The van der Waals surface area contributed by atoms with Crippen molar-refractivity contribution < 1.29 is 14.3 Å². The average Bonchev–Trinajstić information content (AvgIpc) is 2.31. The predicted octanol–water partition coefficient (Wildman–Crippen LogP) is 2.62. The molecule has 17 heavy (non-hydrogen) atoms. The molecule has 0 amide bonds. The molecule has 2 bridgehead atoms. The highest BCUT2D eigenvalue weighted by molar-refractivity contribution is 5.91. The third kappa shape index (κ3) is 2.29. The van der Waals surface area contributed by atoms with Crippen molar-refractivity contribution in [1.82, 2.24) is 0 Å². The van der Waals surface area contributed by atoms with Gasteiger partial charge in [0, 0.05) is 6.61 Å². The second-order valence-electron chi connectivity index (χ2n) is 4.66. The zero-order valence-corrected chi connectivity index (χ0v) is 10.6. The maximum atomic E-state index is 11.9. The summed E-state index contributed by atoms with van der Waals surface area (Å²) in [6.45, 7) is 2.56. The normalized spacial score (nSPS) is 31.6. The van der Waals surface area contributed by atoms with E-state index in [2.05, 4.69) is 12.2 Å². The van der Waals surface area contributed by atoms with Gasteiger partial charge >= 0.3 is 5.97 Å². The van der Waals surface area contributed by atoms with E-state index in [-0.39, 0.29) is 5.97 Å². The fraction of sp³-hybridized carbons (Fsp3) is 0.643. The van der Waals surface area contributed by atoms with Crippen LogP contribution in [-0.2, 0) is 14.3 Å². The van der Waals surface area contributed by atoms with Crippen LogP contribution in [0.5, 0.6) is 0 Å². The summed E-state index contributed by atoms with van der Waals surface area (Å²) in [6.07, 6.45) is 10.5. The van der Waals surface area contributed by atoms with Crippen LogP contribution in [0.2, 0.25) is 0 Å². The highest BCUT2D eigenvalue weighted by Gasteiger charge is 2.40. The average molecular weight is 236 g/mol. The van der Waals surface area contributed by atoms with Gasteiger partial charge in [-0.25, -0.2) is 4.79 Å². The number of ether oxygens (including phenoxy) is 2. The summed E-state index contributed by atoms with van der Waals surface area (Å²) in [4.78, 5) is 11.9. The fourth-order valence-corrected chi connectivity index (χ4v) is 2.75. The molecule has 3 nitrogen and oxygen atoms in total.